The van der Waals surface area contributed by atoms with E-state index in [2.05, 4.69) is 58.9 Å². The minimum absolute atomic E-state index is 0.0755. The second-order valence-corrected chi connectivity index (χ2v) is 11.1. The Labute approximate surface area is 242 Å². The lowest BCUT2D eigenvalue weighted by Crippen LogP contribution is -2.33. The Morgan fingerprint density at radius 3 is 2.37 bits per heavy atom. The standard InChI is InChI=1S/C33H42N6O2/c1-5-16-38(17-6-2)33(41)26-9-7-24(8-10-26)25-12-18-37(19-13-25)23-28-22-29-30(11-15-35-32(29)36(28)4)39-20-14-27(34-3)21-31(39)40/h7-11,14-15,20-22,25,34H,5-6,12-13,16-19,23H2,1-4H3. The number of amides is 1. The van der Waals surface area contributed by atoms with Crippen molar-refractivity contribution in [3.63, 3.8) is 0 Å². The highest BCUT2D eigenvalue weighted by atomic mass is 16.2. The Balaban J connectivity index is 1.25. The summed E-state index contributed by atoms with van der Waals surface area (Å²) in [6, 6.07) is 15.9. The van der Waals surface area contributed by atoms with E-state index in [9.17, 15) is 9.59 Å². The first-order valence-corrected chi connectivity index (χ1v) is 14.9. The molecule has 8 heteroatoms. The summed E-state index contributed by atoms with van der Waals surface area (Å²) in [6.07, 6.45) is 7.72. The number of hydrogen-bond donors (Lipinski definition) is 1. The number of fused-ring (bicyclic) bond motifs is 1. The maximum absolute atomic E-state index is 13.0. The number of nitrogens with one attached hydrogen (secondary N) is 1. The Morgan fingerprint density at radius 2 is 1.73 bits per heavy atom. The smallest absolute Gasteiger partial charge is 0.257 e. The minimum atomic E-state index is -0.0755. The van der Waals surface area contributed by atoms with Gasteiger partial charge in [-0.05, 0) is 80.6 Å². The van der Waals surface area contributed by atoms with Gasteiger partial charge in [-0.25, -0.2) is 4.98 Å². The highest BCUT2D eigenvalue weighted by Crippen LogP contribution is 2.30. The van der Waals surface area contributed by atoms with Crippen LogP contribution in [0.2, 0.25) is 0 Å². The fraction of sp³-hybridized carbons (Fsp3) is 0.424. The molecule has 4 aromatic rings. The van der Waals surface area contributed by atoms with Crippen molar-refractivity contribution in [3.8, 4) is 5.69 Å². The Bertz CT molecular complexity index is 1540. The number of aryl methyl sites for hydroxylation is 1. The molecule has 0 saturated carbocycles. The lowest BCUT2D eigenvalue weighted by atomic mass is 9.89. The van der Waals surface area contributed by atoms with Gasteiger partial charge in [0, 0.05) is 74.5 Å². The van der Waals surface area contributed by atoms with Gasteiger partial charge in [-0.15, -0.1) is 0 Å². The van der Waals surface area contributed by atoms with Gasteiger partial charge < -0.3 is 14.8 Å². The molecule has 0 radical (unpaired) electrons. The molecule has 216 valence electrons. The van der Waals surface area contributed by atoms with Gasteiger partial charge in [-0.1, -0.05) is 26.0 Å². The second kappa shape index (κ2) is 12.7. The quantitative estimate of drug-likeness (QED) is 0.284. The molecule has 1 aromatic carbocycles. The van der Waals surface area contributed by atoms with Gasteiger partial charge >= 0.3 is 0 Å². The second-order valence-electron chi connectivity index (χ2n) is 11.1. The Hall–Kier alpha value is -3.91. The highest BCUT2D eigenvalue weighted by Gasteiger charge is 2.23. The normalized spacial score (nSPS) is 14.4. The van der Waals surface area contributed by atoms with E-state index >= 15 is 0 Å². The number of rotatable bonds is 10. The van der Waals surface area contributed by atoms with Gasteiger partial charge in [-0.2, -0.15) is 0 Å². The largest absolute Gasteiger partial charge is 0.388 e. The minimum Gasteiger partial charge on any atom is -0.388 e. The van der Waals surface area contributed by atoms with Crippen LogP contribution in [0.4, 0.5) is 5.69 Å². The number of anilines is 1. The first kappa shape index (κ1) is 28.6. The number of likely N-dealkylation sites (tertiary alicyclic amines) is 1. The van der Waals surface area contributed by atoms with E-state index in [-0.39, 0.29) is 11.5 Å². The predicted octanol–water partition coefficient (Wildman–Crippen LogP) is 5.41. The molecular formula is C33H42N6O2. The van der Waals surface area contributed by atoms with Gasteiger partial charge in [-0.3, -0.25) is 19.1 Å². The number of carbonyl (C=O) groups is 1. The zero-order valence-electron chi connectivity index (χ0n) is 24.8. The first-order valence-electron chi connectivity index (χ1n) is 14.9. The van der Waals surface area contributed by atoms with Crippen LogP contribution < -0.4 is 10.9 Å². The van der Waals surface area contributed by atoms with Crippen LogP contribution in [0.25, 0.3) is 16.7 Å². The summed E-state index contributed by atoms with van der Waals surface area (Å²) < 4.78 is 3.83. The number of pyridine rings is 2. The highest BCUT2D eigenvalue weighted by molar-refractivity contribution is 5.94. The van der Waals surface area contributed by atoms with Gasteiger partial charge in [0.25, 0.3) is 11.5 Å². The van der Waals surface area contributed by atoms with Crippen LogP contribution in [-0.2, 0) is 13.6 Å². The van der Waals surface area contributed by atoms with E-state index in [0.29, 0.717) is 5.92 Å². The molecule has 0 atom stereocenters. The number of nitrogens with zero attached hydrogens (tertiary/aromatic N) is 5. The summed E-state index contributed by atoms with van der Waals surface area (Å²) in [5, 5.41) is 4.00. The van der Waals surface area contributed by atoms with E-state index in [0.717, 1.165) is 86.4 Å². The SMILES string of the molecule is CCCN(CCC)C(=O)c1ccc(C2CCN(Cc3cc4c(-n5ccc(NC)cc5=O)ccnc4n3C)CC2)cc1. The number of benzene rings is 1. The van der Waals surface area contributed by atoms with E-state index in [1.54, 1.807) is 16.8 Å². The molecule has 1 aliphatic heterocycles. The lowest BCUT2D eigenvalue weighted by molar-refractivity contribution is 0.0755. The predicted molar refractivity (Wildman–Crippen MR) is 166 cm³/mol. The Morgan fingerprint density at radius 1 is 1.02 bits per heavy atom. The van der Waals surface area contributed by atoms with Crippen molar-refractivity contribution in [3.05, 3.63) is 88.1 Å². The van der Waals surface area contributed by atoms with Crippen molar-refractivity contribution >= 4 is 22.6 Å². The third kappa shape index (κ3) is 6.07. The molecule has 0 spiro atoms. The van der Waals surface area contributed by atoms with Gasteiger partial charge in [0.05, 0.1) is 5.69 Å². The Kier molecular flexibility index (Phi) is 8.88. The molecule has 1 N–H and O–H groups in total. The lowest BCUT2D eigenvalue weighted by Gasteiger charge is -2.32. The maximum Gasteiger partial charge on any atom is 0.257 e. The van der Waals surface area contributed by atoms with Crippen molar-refractivity contribution in [2.45, 2.75) is 52.0 Å². The van der Waals surface area contributed by atoms with Gasteiger partial charge in [0.2, 0.25) is 0 Å². The molecular weight excluding hydrogens is 512 g/mol. The van der Waals surface area contributed by atoms with Crippen LogP contribution in [-0.4, -0.2) is 63.1 Å². The van der Waals surface area contributed by atoms with Crippen LogP contribution in [0.15, 0.2) is 65.7 Å². The molecule has 1 saturated heterocycles. The first-order chi connectivity index (χ1) is 19.9. The molecule has 41 heavy (non-hydrogen) atoms. The topological polar surface area (TPSA) is 75.4 Å². The van der Waals surface area contributed by atoms with Crippen molar-refractivity contribution < 1.29 is 4.79 Å². The monoisotopic (exact) mass is 554 g/mol. The summed E-state index contributed by atoms with van der Waals surface area (Å²) in [5.41, 5.74) is 5.74. The summed E-state index contributed by atoms with van der Waals surface area (Å²) in [6.45, 7) is 8.72. The molecule has 5 rings (SSSR count). The average Bonchev–Trinajstić information content (AvgIpc) is 3.32. The molecule has 1 aliphatic rings. The van der Waals surface area contributed by atoms with Crippen molar-refractivity contribution in [1.29, 1.82) is 0 Å². The van der Waals surface area contributed by atoms with E-state index in [1.165, 1.54) is 11.3 Å². The molecule has 0 unspecified atom stereocenters. The molecule has 0 aliphatic carbocycles. The van der Waals surface area contributed by atoms with E-state index < -0.39 is 0 Å². The zero-order valence-corrected chi connectivity index (χ0v) is 24.8. The van der Waals surface area contributed by atoms with Crippen LogP contribution in [0.1, 0.15) is 67.1 Å². The number of aromatic nitrogens is 3. The third-order valence-electron chi connectivity index (χ3n) is 8.35. The molecule has 1 amide bonds. The number of hydrogen-bond acceptors (Lipinski definition) is 5. The summed E-state index contributed by atoms with van der Waals surface area (Å²) >= 11 is 0. The molecule has 3 aromatic heterocycles. The van der Waals surface area contributed by atoms with Crippen LogP contribution in [0, 0.1) is 0 Å². The van der Waals surface area contributed by atoms with Crippen molar-refractivity contribution in [1.82, 2.24) is 23.9 Å². The summed E-state index contributed by atoms with van der Waals surface area (Å²) in [5.74, 6) is 0.647. The number of piperidine rings is 1. The third-order valence-corrected chi connectivity index (χ3v) is 8.35. The van der Waals surface area contributed by atoms with Crippen molar-refractivity contribution in [2.75, 3.05) is 38.5 Å². The molecule has 1 fully saturated rings. The van der Waals surface area contributed by atoms with Crippen LogP contribution >= 0.6 is 0 Å². The average molecular weight is 555 g/mol. The van der Waals surface area contributed by atoms with E-state index in [4.69, 9.17) is 0 Å². The maximum atomic E-state index is 13.0. The van der Waals surface area contributed by atoms with Gasteiger partial charge in [0.1, 0.15) is 5.65 Å². The van der Waals surface area contributed by atoms with Gasteiger partial charge in [0.15, 0.2) is 0 Å². The summed E-state index contributed by atoms with van der Waals surface area (Å²) in [4.78, 5) is 34.9. The fourth-order valence-electron chi connectivity index (χ4n) is 6.04. The fourth-order valence-corrected chi connectivity index (χ4v) is 6.04. The molecule has 4 heterocycles. The molecule has 0 bridgehead atoms. The number of carbonyl (C=O) groups excluding carboxylic acids is 1. The van der Waals surface area contributed by atoms with E-state index in [1.807, 2.05) is 42.4 Å². The summed E-state index contributed by atoms with van der Waals surface area (Å²) in [7, 11) is 3.86. The molecule has 8 nitrogen and oxygen atoms in total. The zero-order chi connectivity index (χ0) is 28.9. The van der Waals surface area contributed by atoms with Crippen LogP contribution in [0.3, 0.4) is 0 Å². The van der Waals surface area contributed by atoms with Crippen molar-refractivity contribution in [2.24, 2.45) is 7.05 Å². The van der Waals surface area contributed by atoms with Crippen LogP contribution in [0.5, 0.6) is 0 Å².